The summed E-state index contributed by atoms with van der Waals surface area (Å²) in [5.41, 5.74) is 2.29. The summed E-state index contributed by atoms with van der Waals surface area (Å²) in [6.07, 6.45) is 11.1. The maximum atomic E-state index is 12.1. The Balaban J connectivity index is 1.39. The topological polar surface area (TPSA) is 71.1 Å². The molecule has 32 heavy (non-hydrogen) atoms. The molecule has 6 heteroatoms. The van der Waals surface area contributed by atoms with Gasteiger partial charge >= 0.3 is 12.1 Å². The Labute approximate surface area is 189 Å². The highest BCUT2D eigenvalue weighted by Gasteiger charge is 2.18. The molecule has 0 saturated heterocycles. The molecule has 0 spiro atoms. The molecule has 0 atom stereocenters. The summed E-state index contributed by atoms with van der Waals surface area (Å²) in [4.78, 5) is 33.1. The van der Waals surface area contributed by atoms with Gasteiger partial charge < -0.3 is 4.74 Å². The Morgan fingerprint density at radius 1 is 0.625 bits per heavy atom. The van der Waals surface area contributed by atoms with Crippen LogP contribution >= 0.6 is 0 Å². The number of carbonyl (C=O) groups is 2. The van der Waals surface area contributed by atoms with Crippen molar-refractivity contribution in [3.05, 3.63) is 60.2 Å². The van der Waals surface area contributed by atoms with Gasteiger partial charge in [-0.05, 0) is 48.9 Å². The summed E-state index contributed by atoms with van der Waals surface area (Å²) in [6, 6.07) is 16.7. The maximum absolute atomic E-state index is 12.1. The fourth-order valence-electron chi connectivity index (χ4n) is 3.95. The van der Waals surface area contributed by atoms with Gasteiger partial charge in [0.2, 0.25) is 0 Å². The lowest BCUT2D eigenvalue weighted by Gasteiger charge is -2.17. The number of benzene rings is 2. The van der Waals surface area contributed by atoms with Crippen molar-refractivity contribution in [3.8, 4) is 11.1 Å². The molecule has 0 radical (unpaired) electrons. The van der Waals surface area contributed by atoms with E-state index in [2.05, 4.69) is 14.8 Å². The monoisotopic (exact) mass is 440 g/mol. The molecule has 6 nitrogen and oxygen atoms in total. The van der Waals surface area contributed by atoms with E-state index in [1.165, 1.54) is 32.1 Å². The minimum absolute atomic E-state index is 0.202. The zero-order chi connectivity index (χ0) is 22.4. The lowest BCUT2D eigenvalue weighted by atomic mass is 9.99. The summed E-state index contributed by atoms with van der Waals surface area (Å²) >= 11 is 0. The standard InChI is InChI=1S/C26H32O6/c27-25(23-19-17-22(18-20-23)21-13-9-8-10-14-21)30-32-31-26(28)29-24-15-11-6-4-2-1-3-5-7-12-16-24/h8-10,13-14,17-20,24H,1-7,11-12,15-16H2. The van der Waals surface area contributed by atoms with Crippen LogP contribution in [-0.2, 0) is 19.6 Å². The normalized spacial score (nSPS) is 16.2. The average molecular weight is 441 g/mol. The second kappa shape index (κ2) is 13.5. The first-order valence-corrected chi connectivity index (χ1v) is 11.6. The second-order valence-corrected chi connectivity index (χ2v) is 8.21. The van der Waals surface area contributed by atoms with Gasteiger partial charge in [0.1, 0.15) is 6.10 Å². The molecular weight excluding hydrogens is 408 g/mol. The summed E-state index contributed by atoms with van der Waals surface area (Å²) in [7, 11) is 0. The Bertz CT molecular complexity index is 806. The van der Waals surface area contributed by atoms with Gasteiger partial charge in [0, 0.05) is 0 Å². The Morgan fingerprint density at radius 3 is 1.75 bits per heavy atom. The zero-order valence-corrected chi connectivity index (χ0v) is 18.5. The van der Waals surface area contributed by atoms with E-state index >= 15 is 0 Å². The van der Waals surface area contributed by atoms with Crippen LogP contribution in [0, 0.1) is 0 Å². The zero-order valence-electron chi connectivity index (χ0n) is 18.5. The first kappa shape index (κ1) is 23.8. The van der Waals surface area contributed by atoms with Crippen LogP contribution in [0.25, 0.3) is 11.1 Å². The van der Waals surface area contributed by atoms with Crippen molar-refractivity contribution in [2.45, 2.75) is 76.7 Å². The van der Waals surface area contributed by atoms with Crippen molar-refractivity contribution >= 4 is 12.1 Å². The van der Waals surface area contributed by atoms with E-state index in [9.17, 15) is 9.59 Å². The van der Waals surface area contributed by atoms with Crippen LogP contribution in [0.3, 0.4) is 0 Å². The molecule has 1 fully saturated rings. The molecule has 3 rings (SSSR count). The third kappa shape index (κ3) is 8.35. The van der Waals surface area contributed by atoms with Crippen LogP contribution in [0.15, 0.2) is 54.6 Å². The minimum Gasteiger partial charge on any atom is -0.429 e. The Hall–Kier alpha value is -2.86. The van der Waals surface area contributed by atoms with Crippen molar-refractivity contribution in [2.24, 2.45) is 0 Å². The highest BCUT2D eigenvalue weighted by atomic mass is 17.5. The van der Waals surface area contributed by atoms with Gasteiger partial charge in [-0.15, -0.1) is 0 Å². The number of hydrogen-bond acceptors (Lipinski definition) is 6. The molecule has 0 amide bonds. The quantitative estimate of drug-likeness (QED) is 0.278. The third-order valence-corrected chi connectivity index (χ3v) is 5.75. The molecule has 1 saturated carbocycles. The van der Waals surface area contributed by atoms with E-state index in [1.54, 1.807) is 12.1 Å². The van der Waals surface area contributed by atoms with Crippen LogP contribution < -0.4 is 0 Å². The van der Waals surface area contributed by atoms with E-state index in [0.717, 1.165) is 49.7 Å². The van der Waals surface area contributed by atoms with Crippen LogP contribution in [0.5, 0.6) is 0 Å². The number of ether oxygens (including phenoxy) is 1. The highest BCUT2D eigenvalue weighted by molar-refractivity contribution is 5.89. The molecule has 1 aliphatic carbocycles. The highest BCUT2D eigenvalue weighted by Crippen LogP contribution is 2.21. The maximum Gasteiger partial charge on any atom is 0.543 e. The fourth-order valence-corrected chi connectivity index (χ4v) is 3.95. The summed E-state index contributed by atoms with van der Waals surface area (Å²) in [6.45, 7) is 0. The average Bonchev–Trinajstić information content (AvgIpc) is 2.81. The van der Waals surface area contributed by atoms with Crippen molar-refractivity contribution < 1.29 is 29.1 Å². The van der Waals surface area contributed by atoms with Crippen molar-refractivity contribution in [2.75, 3.05) is 0 Å². The molecule has 2 aromatic carbocycles. The summed E-state index contributed by atoms with van der Waals surface area (Å²) in [5.74, 6) is -0.761. The predicted molar refractivity (Wildman–Crippen MR) is 121 cm³/mol. The first-order chi connectivity index (χ1) is 15.7. The minimum atomic E-state index is -0.991. The van der Waals surface area contributed by atoms with Crippen LogP contribution in [-0.4, -0.2) is 18.2 Å². The smallest absolute Gasteiger partial charge is 0.429 e. The molecule has 172 valence electrons. The van der Waals surface area contributed by atoms with Gasteiger partial charge in [-0.25, -0.2) is 14.5 Å². The molecule has 0 aliphatic heterocycles. The number of carbonyl (C=O) groups excluding carboxylic acids is 2. The van der Waals surface area contributed by atoms with Crippen LogP contribution in [0.2, 0.25) is 0 Å². The molecule has 0 N–H and O–H groups in total. The first-order valence-electron chi connectivity index (χ1n) is 11.6. The van der Waals surface area contributed by atoms with Gasteiger partial charge in [-0.2, -0.15) is 0 Å². The predicted octanol–water partition coefficient (Wildman–Crippen LogP) is 7.18. The van der Waals surface area contributed by atoms with Gasteiger partial charge in [0.15, 0.2) is 0 Å². The summed E-state index contributed by atoms with van der Waals surface area (Å²) in [5, 5.41) is 4.38. The molecule has 2 aromatic rings. The second-order valence-electron chi connectivity index (χ2n) is 8.21. The summed E-state index contributed by atoms with van der Waals surface area (Å²) < 4.78 is 5.37. The van der Waals surface area contributed by atoms with E-state index < -0.39 is 12.1 Å². The van der Waals surface area contributed by atoms with Crippen molar-refractivity contribution in [3.63, 3.8) is 0 Å². The van der Waals surface area contributed by atoms with Gasteiger partial charge in [-0.1, -0.05) is 87.4 Å². The van der Waals surface area contributed by atoms with E-state index in [4.69, 9.17) is 4.74 Å². The molecule has 0 unspecified atom stereocenters. The third-order valence-electron chi connectivity index (χ3n) is 5.75. The number of hydrogen-bond donors (Lipinski definition) is 0. The van der Waals surface area contributed by atoms with Crippen molar-refractivity contribution in [1.29, 1.82) is 0 Å². The Kier molecular flexibility index (Phi) is 10.1. The van der Waals surface area contributed by atoms with E-state index in [-0.39, 0.29) is 11.7 Å². The van der Waals surface area contributed by atoms with Gasteiger partial charge in [0.05, 0.1) is 10.6 Å². The van der Waals surface area contributed by atoms with Gasteiger partial charge in [0.25, 0.3) is 0 Å². The lowest BCUT2D eigenvalue weighted by molar-refractivity contribution is -0.453. The van der Waals surface area contributed by atoms with Gasteiger partial charge in [-0.3, -0.25) is 4.89 Å². The number of rotatable bonds is 5. The largest absolute Gasteiger partial charge is 0.543 e. The molecule has 0 bridgehead atoms. The lowest BCUT2D eigenvalue weighted by Crippen LogP contribution is -2.20. The molecule has 0 heterocycles. The van der Waals surface area contributed by atoms with Crippen LogP contribution in [0.1, 0.15) is 81.0 Å². The molecule has 1 aliphatic rings. The fraction of sp³-hybridized carbons (Fsp3) is 0.462. The van der Waals surface area contributed by atoms with Crippen LogP contribution in [0.4, 0.5) is 4.79 Å². The molecular formula is C26H32O6. The van der Waals surface area contributed by atoms with E-state index in [1.807, 2.05) is 42.5 Å². The Morgan fingerprint density at radius 2 is 1.16 bits per heavy atom. The van der Waals surface area contributed by atoms with E-state index in [0.29, 0.717) is 0 Å². The van der Waals surface area contributed by atoms with Crippen molar-refractivity contribution in [1.82, 2.24) is 0 Å². The molecule has 0 aromatic heterocycles. The SMILES string of the molecule is O=C(OOOC(=O)c1ccc(-c2ccccc2)cc1)OC1CCCCCCCCCCC1.